The SMILES string of the molecule is CCn1c(C2CC2)nc2c(N3CCOCC3C)nc(-c3ccc([N+](=O)[O-])cc3)nc21. The van der Waals surface area contributed by atoms with Gasteiger partial charge in [-0.15, -0.1) is 0 Å². The molecule has 3 heterocycles. The monoisotopic (exact) mass is 408 g/mol. The van der Waals surface area contributed by atoms with Crippen molar-refractivity contribution in [2.75, 3.05) is 24.7 Å². The van der Waals surface area contributed by atoms with Crippen molar-refractivity contribution in [2.45, 2.75) is 45.2 Å². The minimum absolute atomic E-state index is 0.0523. The molecule has 0 N–H and O–H groups in total. The van der Waals surface area contributed by atoms with Crippen LogP contribution in [0.5, 0.6) is 0 Å². The van der Waals surface area contributed by atoms with Gasteiger partial charge in [0.15, 0.2) is 22.8 Å². The number of fused-ring (bicyclic) bond motifs is 1. The number of hydrogen-bond acceptors (Lipinski definition) is 7. The summed E-state index contributed by atoms with van der Waals surface area (Å²) in [6.07, 6.45) is 2.32. The lowest BCUT2D eigenvalue weighted by molar-refractivity contribution is -0.384. The maximum Gasteiger partial charge on any atom is 0.269 e. The molecule has 1 saturated heterocycles. The Morgan fingerprint density at radius 2 is 1.97 bits per heavy atom. The van der Waals surface area contributed by atoms with E-state index in [4.69, 9.17) is 19.7 Å². The fourth-order valence-electron chi connectivity index (χ4n) is 4.07. The maximum absolute atomic E-state index is 11.0. The second kappa shape index (κ2) is 7.32. The van der Waals surface area contributed by atoms with Gasteiger partial charge in [-0.05, 0) is 38.8 Å². The first kappa shape index (κ1) is 18.9. The molecule has 156 valence electrons. The van der Waals surface area contributed by atoms with Gasteiger partial charge in [0.05, 0.1) is 24.2 Å². The standard InChI is InChI=1S/C21H24N6O3/c1-3-25-19(15-4-5-15)22-17-20(25)23-18(14-6-8-16(9-7-14)27(28)29)24-21(17)26-10-11-30-12-13(26)2/h6-9,13,15H,3-5,10-12H2,1-2H3. The summed E-state index contributed by atoms with van der Waals surface area (Å²) in [5, 5.41) is 11.0. The van der Waals surface area contributed by atoms with Gasteiger partial charge in [0.25, 0.3) is 5.69 Å². The summed E-state index contributed by atoms with van der Waals surface area (Å²) in [6.45, 7) is 7.05. The topological polar surface area (TPSA) is 99.2 Å². The zero-order valence-corrected chi connectivity index (χ0v) is 17.1. The largest absolute Gasteiger partial charge is 0.377 e. The van der Waals surface area contributed by atoms with Crippen LogP contribution in [-0.2, 0) is 11.3 Å². The van der Waals surface area contributed by atoms with Crippen LogP contribution in [0.2, 0.25) is 0 Å². The van der Waals surface area contributed by atoms with E-state index in [1.54, 1.807) is 12.1 Å². The summed E-state index contributed by atoms with van der Waals surface area (Å²) in [7, 11) is 0. The Morgan fingerprint density at radius 1 is 1.20 bits per heavy atom. The van der Waals surface area contributed by atoms with Crippen LogP contribution in [0.4, 0.5) is 11.5 Å². The molecule has 9 heteroatoms. The predicted molar refractivity (Wildman–Crippen MR) is 113 cm³/mol. The number of anilines is 1. The zero-order chi connectivity index (χ0) is 20.8. The van der Waals surface area contributed by atoms with E-state index < -0.39 is 4.92 Å². The number of imidazole rings is 1. The minimum Gasteiger partial charge on any atom is -0.377 e. The highest BCUT2D eigenvalue weighted by Crippen LogP contribution is 2.42. The minimum atomic E-state index is -0.400. The molecular formula is C21H24N6O3. The van der Waals surface area contributed by atoms with Crippen LogP contribution >= 0.6 is 0 Å². The van der Waals surface area contributed by atoms with Crippen LogP contribution in [0.1, 0.15) is 38.4 Å². The van der Waals surface area contributed by atoms with Gasteiger partial charge in [0.2, 0.25) is 0 Å². The first-order valence-electron chi connectivity index (χ1n) is 10.4. The van der Waals surface area contributed by atoms with Crippen molar-refractivity contribution in [3.8, 4) is 11.4 Å². The Kier molecular flexibility index (Phi) is 4.62. The molecule has 0 amide bonds. The number of hydrogen-bond donors (Lipinski definition) is 0. The molecule has 1 aliphatic carbocycles. The number of nitro benzene ring substituents is 1. The van der Waals surface area contributed by atoms with Crippen LogP contribution < -0.4 is 4.90 Å². The van der Waals surface area contributed by atoms with E-state index in [9.17, 15) is 10.1 Å². The van der Waals surface area contributed by atoms with E-state index in [-0.39, 0.29) is 11.7 Å². The molecule has 30 heavy (non-hydrogen) atoms. The quantitative estimate of drug-likeness (QED) is 0.470. The number of rotatable bonds is 5. The highest BCUT2D eigenvalue weighted by Gasteiger charge is 2.32. The van der Waals surface area contributed by atoms with Crippen LogP contribution in [-0.4, -0.2) is 50.2 Å². The van der Waals surface area contributed by atoms with E-state index in [2.05, 4.69) is 23.3 Å². The molecule has 9 nitrogen and oxygen atoms in total. The average Bonchev–Trinajstić information content (AvgIpc) is 3.54. The molecular weight excluding hydrogens is 384 g/mol. The Balaban J connectivity index is 1.70. The van der Waals surface area contributed by atoms with Gasteiger partial charge in [-0.25, -0.2) is 15.0 Å². The van der Waals surface area contributed by atoms with Gasteiger partial charge in [-0.1, -0.05) is 0 Å². The lowest BCUT2D eigenvalue weighted by atomic mass is 10.2. The van der Waals surface area contributed by atoms with Crippen LogP contribution in [0, 0.1) is 10.1 Å². The number of nitrogens with zero attached hydrogens (tertiary/aromatic N) is 6. The van der Waals surface area contributed by atoms with Gasteiger partial charge in [0.1, 0.15) is 5.82 Å². The Hall–Kier alpha value is -3.07. The average molecular weight is 408 g/mol. The van der Waals surface area contributed by atoms with Crippen molar-refractivity contribution < 1.29 is 9.66 Å². The summed E-state index contributed by atoms with van der Waals surface area (Å²) in [4.78, 5) is 27.6. The highest BCUT2D eigenvalue weighted by atomic mass is 16.6. The molecule has 1 atom stereocenters. The Labute approximate surface area is 173 Å². The van der Waals surface area contributed by atoms with Crippen molar-refractivity contribution in [1.29, 1.82) is 0 Å². The zero-order valence-electron chi connectivity index (χ0n) is 17.1. The first-order valence-corrected chi connectivity index (χ1v) is 10.4. The number of aryl methyl sites for hydroxylation is 1. The smallest absolute Gasteiger partial charge is 0.269 e. The van der Waals surface area contributed by atoms with Crippen LogP contribution in [0.25, 0.3) is 22.6 Å². The third kappa shape index (κ3) is 3.19. The lowest BCUT2D eigenvalue weighted by Crippen LogP contribution is -2.44. The molecule has 1 saturated carbocycles. The fraction of sp³-hybridized carbons (Fsp3) is 0.476. The van der Waals surface area contributed by atoms with Crippen molar-refractivity contribution in [1.82, 2.24) is 19.5 Å². The van der Waals surface area contributed by atoms with E-state index in [1.807, 2.05) is 0 Å². The number of nitro groups is 1. The molecule has 1 aromatic carbocycles. The second-order valence-electron chi connectivity index (χ2n) is 7.95. The van der Waals surface area contributed by atoms with E-state index >= 15 is 0 Å². The molecule has 0 bridgehead atoms. The number of aromatic nitrogens is 4. The number of benzene rings is 1. The molecule has 5 rings (SSSR count). The molecule has 1 aliphatic heterocycles. The van der Waals surface area contributed by atoms with E-state index in [0.717, 1.165) is 54.3 Å². The summed E-state index contributed by atoms with van der Waals surface area (Å²) < 4.78 is 7.81. The number of non-ortho nitro benzene ring substituents is 1. The maximum atomic E-state index is 11.0. The summed E-state index contributed by atoms with van der Waals surface area (Å²) in [5.41, 5.74) is 2.47. The Bertz CT molecular complexity index is 1110. The van der Waals surface area contributed by atoms with Gasteiger partial charge in [0, 0.05) is 36.7 Å². The van der Waals surface area contributed by atoms with Gasteiger partial charge < -0.3 is 14.2 Å². The molecule has 2 aliphatic rings. The number of ether oxygens (including phenoxy) is 1. The normalized spacial score (nSPS) is 19.4. The fourth-order valence-corrected chi connectivity index (χ4v) is 4.07. The molecule has 0 radical (unpaired) electrons. The first-order chi connectivity index (χ1) is 14.6. The molecule has 2 fully saturated rings. The molecule has 1 unspecified atom stereocenters. The highest BCUT2D eigenvalue weighted by molar-refractivity contribution is 5.86. The van der Waals surface area contributed by atoms with Crippen molar-refractivity contribution >= 4 is 22.7 Å². The van der Waals surface area contributed by atoms with Crippen LogP contribution in [0.3, 0.4) is 0 Å². The van der Waals surface area contributed by atoms with Gasteiger partial charge in [-0.3, -0.25) is 10.1 Å². The van der Waals surface area contributed by atoms with E-state index in [0.29, 0.717) is 25.0 Å². The Morgan fingerprint density at radius 3 is 2.60 bits per heavy atom. The van der Waals surface area contributed by atoms with Gasteiger partial charge in [-0.2, -0.15) is 0 Å². The van der Waals surface area contributed by atoms with Crippen molar-refractivity contribution in [3.05, 3.63) is 40.2 Å². The third-order valence-electron chi connectivity index (χ3n) is 5.84. The summed E-state index contributed by atoms with van der Waals surface area (Å²) in [6, 6.07) is 6.58. The van der Waals surface area contributed by atoms with Crippen molar-refractivity contribution in [2.24, 2.45) is 0 Å². The van der Waals surface area contributed by atoms with Crippen molar-refractivity contribution in [3.63, 3.8) is 0 Å². The number of morpholine rings is 1. The lowest BCUT2D eigenvalue weighted by Gasteiger charge is -2.34. The van der Waals surface area contributed by atoms with Crippen LogP contribution in [0.15, 0.2) is 24.3 Å². The van der Waals surface area contributed by atoms with Gasteiger partial charge >= 0.3 is 0 Å². The summed E-state index contributed by atoms with van der Waals surface area (Å²) >= 11 is 0. The molecule has 0 spiro atoms. The second-order valence-corrected chi connectivity index (χ2v) is 7.95. The van der Waals surface area contributed by atoms with E-state index in [1.165, 1.54) is 12.1 Å². The molecule has 3 aromatic rings. The predicted octanol–water partition coefficient (Wildman–Crippen LogP) is 3.52. The summed E-state index contributed by atoms with van der Waals surface area (Å²) in [5.74, 6) is 2.96. The third-order valence-corrected chi connectivity index (χ3v) is 5.84. The molecule has 2 aromatic heterocycles.